The molecule has 0 saturated carbocycles. The fourth-order valence-electron chi connectivity index (χ4n) is 1.40. The van der Waals surface area contributed by atoms with Gasteiger partial charge in [-0.15, -0.1) is 0 Å². The van der Waals surface area contributed by atoms with Crippen LogP contribution in [0.3, 0.4) is 0 Å². The fraction of sp³-hybridized carbons (Fsp3) is 0.429. The minimum atomic E-state index is -0.480. The van der Waals surface area contributed by atoms with E-state index in [0.717, 1.165) is 5.56 Å². The number of carbonyl (C=O) groups is 2. The molecule has 21 heavy (non-hydrogen) atoms. The molecule has 0 unspecified atom stereocenters. The average molecular weight is 313 g/mol. The molecule has 0 atom stereocenters. The molecule has 0 aliphatic carbocycles. The quantitative estimate of drug-likeness (QED) is 0.631. The largest absolute Gasteiger partial charge is 0.353 e. The van der Waals surface area contributed by atoms with Crippen LogP contribution in [0.2, 0.25) is 5.02 Å². The van der Waals surface area contributed by atoms with Crippen molar-refractivity contribution >= 4 is 23.5 Å². The highest BCUT2D eigenvalue weighted by atomic mass is 35.5. The molecule has 0 aliphatic rings. The molecule has 1 aromatic rings. The van der Waals surface area contributed by atoms with Gasteiger partial charge in [-0.1, -0.05) is 23.7 Å². The van der Waals surface area contributed by atoms with Gasteiger partial charge in [0.15, 0.2) is 0 Å². The SMILES string of the molecule is CC(C)(N)CNC(=O)CNC(=O)NCc1ccc(Cl)cc1. The van der Waals surface area contributed by atoms with E-state index < -0.39 is 11.6 Å². The first-order valence-corrected chi connectivity index (χ1v) is 6.96. The molecule has 0 spiro atoms. The lowest BCUT2D eigenvalue weighted by Gasteiger charge is -2.18. The third-order valence-electron chi connectivity index (χ3n) is 2.52. The van der Waals surface area contributed by atoms with Gasteiger partial charge in [-0.25, -0.2) is 4.79 Å². The highest BCUT2D eigenvalue weighted by Crippen LogP contribution is 2.08. The molecule has 5 N–H and O–H groups in total. The van der Waals surface area contributed by atoms with Crippen LogP contribution in [0.1, 0.15) is 19.4 Å². The van der Waals surface area contributed by atoms with Gasteiger partial charge < -0.3 is 21.7 Å². The molecule has 3 amide bonds. The first kappa shape index (κ1) is 17.3. The minimum absolute atomic E-state index is 0.0947. The van der Waals surface area contributed by atoms with E-state index in [1.807, 2.05) is 12.1 Å². The summed E-state index contributed by atoms with van der Waals surface area (Å²) in [7, 11) is 0. The Balaban J connectivity index is 2.22. The number of halogens is 1. The van der Waals surface area contributed by atoms with Crippen molar-refractivity contribution in [1.82, 2.24) is 16.0 Å². The molecule has 6 nitrogen and oxygen atoms in total. The Morgan fingerprint density at radius 3 is 2.33 bits per heavy atom. The number of nitrogens with one attached hydrogen (secondary N) is 3. The van der Waals surface area contributed by atoms with E-state index in [2.05, 4.69) is 16.0 Å². The standard InChI is InChI=1S/C14H21ClN4O2/c1-14(2,16)9-19-12(20)8-18-13(21)17-7-10-3-5-11(15)6-4-10/h3-6H,7-9,16H2,1-2H3,(H,19,20)(H2,17,18,21). The Hall–Kier alpha value is -1.79. The van der Waals surface area contributed by atoms with Crippen molar-refractivity contribution in [2.45, 2.75) is 25.9 Å². The van der Waals surface area contributed by atoms with Gasteiger partial charge in [0.05, 0.1) is 6.54 Å². The maximum atomic E-state index is 11.5. The zero-order chi connectivity index (χ0) is 15.9. The monoisotopic (exact) mass is 312 g/mol. The van der Waals surface area contributed by atoms with Gasteiger partial charge in [0.2, 0.25) is 5.91 Å². The molecule has 0 heterocycles. The van der Waals surface area contributed by atoms with Crippen LogP contribution in [0.25, 0.3) is 0 Å². The Morgan fingerprint density at radius 2 is 1.76 bits per heavy atom. The number of benzene rings is 1. The van der Waals surface area contributed by atoms with Crippen molar-refractivity contribution in [2.75, 3.05) is 13.1 Å². The molecule has 0 aliphatic heterocycles. The normalized spacial score (nSPS) is 10.9. The van der Waals surface area contributed by atoms with Crippen LogP contribution in [0, 0.1) is 0 Å². The van der Waals surface area contributed by atoms with E-state index in [-0.39, 0.29) is 12.5 Å². The van der Waals surface area contributed by atoms with Crippen molar-refractivity contribution in [3.63, 3.8) is 0 Å². The molecule has 116 valence electrons. The summed E-state index contributed by atoms with van der Waals surface area (Å²) in [5, 5.41) is 8.40. The van der Waals surface area contributed by atoms with E-state index in [1.165, 1.54) is 0 Å². The summed E-state index contributed by atoms with van der Waals surface area (Å²) in [5.41, 5.74) is 6.18. The third kappa shape index (κ3) is 8.16. The first-order valence-electron chi connectivity index (χ1n) is 6.58. The van der Waals surface area contributed by atoms with Gasteiger partial charge in [0.25, 0.3) is 0 Å². The van der Waals surface area contributed by atoms with E-state index in [1.54, 1.807) is 26.0 Å². The molecule has 1 rings (SSSR count). The molecule has 7 heteroatoms. The summed E-state index contributed by atoms with van der Waals surface area (Å²) in [6, 6.07) is 6.72. The predicted molar refractivity (Wildman–Crippen MR) is 83.0 cm³/mol. The number of rotatable bonds is 6. The summed E-state index contributed by atoms with van der Waals surface area (Å²) in [5.74, 6) is -0.282. The van der Waals surface area contributed by atoms with Crippen LogP contribution >= 0.6 is 11.6 Å². The second kappa shape index (κ2) is 7.85. The average Bonchev–Trinajstić information content (AvgIpc) is 2.41. The van der Waals surface area contributed by atoms with Gasteiger partial charge in [-0.3, -0.25) is 4.79 Å². The Kier molecular flexibility index (Phi) is 6.45. The lowest BCUT2D eigenvalue weighted by molar-refractivity contribution is -0.120. The van der Waals surface area contributed by atoms with Crippen LogP contribution in [0.5, 0.6) is 0 Å². The number of urea groups is 1. The topological polar surface area (TPSA) is 96.2 Å². The van der Waals surface area contributed by atoms with Crippen LogP contribution < -0.4 is 21.7 Å². The van der Waals surface area contributed by atoms with Crippen LogP contribution in [-0.4, -0.2) is 30.6 Å². The van der Waals surface area contributed by atoms with Gasteiger partial charge in [0.1, 0.15) is 0 Å². The smallest absolute Gasteiger partial charge is 0.315 e. The third-order valence-corrected chi connectivity index (χ3v) is 2.77. The molecule has 0 fully saturated rings. The number of carbonyl (C=O) groups excluding carboxylic acids is 2. The zero-order valence-electron chi connectivity index (χ0n) is 12.2. The Morgan fingerprint density at radius 1 is 1.14 bits per heavy atom. The van der Waals surface area contributed by atoms with Crippen molar-refractivity contribution in [3.05, 3.63) is 34.9 Å². The van der Waals surface area contributed by atoms with Crippen molar-refractivity contribution in [1.29, 1.82) is 0 Å². The van der Waals surface area contributed by atoms with Gasteiger partial charge in [0, 0.05) is 23.7 Å². The van der Waals surface area contributed by atoms with E-state index in [4.69, 9.17) is 17.3 Å². The highest BCUT2D eigenvalue weighted by molar-refractivity contribution is 6.30. The number of amides is 3. The lowest BCUT2D eigenvalue weighted by Crippen LogP contribution is -2.48. The Bertz CT molecular complexity index is 483. The van der Waals surface area contributed by atoms with Gasteiger partial charge in [-0.05, 0) is 31.5 Å². The second-order valence-corrected chi connectivity index (χ2v) is 5.86. The number of hydrogen-bond donors (Lipinski definition) is 4. The molecule has 0 radical (unpaired) electrons. The predicted octanol–water partition coefficient (Wildman–Crippen LogP) is 0.993. The molecule has 0 bridgehead atoms. The summed E-state index contributed by atoms with van der Waals surface area (Å²) < 4.78 is 0. The molecular formula is C14H21ClN4O2. The zero-order valence-corrected chi connectivity index (χ0v) is 13.0. The maximum Gasteiger partial charge on any atom is 0.315 e. The molecule has 1 aromatic carbocycles. The summed E-state index contributed by atoms with van der Waals surface area (Å²) >= 11 is 5.77. The molecule has 0 aromatic heterocycles. The van der Waals surface area contributed by atoms with E-state index >= 15 is 0 Å². The summed E-state index contributed by atoms with van der Waals surface area (Å²) in [4.78, 5) is 23.0. The van der Waals surface area contributed by atoms with Gasteiger partial charge >= 0.3 is 6.03 Å². The summed E-state index contributed by atoms with van der Waals surface area (Å²) in [6.45, 7) is 4.22. The lowest BCUT2D eigenvalue weighted by atomic mass is 10.1. The molecular weight excluding hydrogens is 292 g/mol. The summed E-state index contributed by atoms with van der Waals surface area (Å²) in [6.07, 6.45) is 0. The van der Waals surface area contributed by atoms with Crippen LogP contribution in [-0.2, 0) is 11.3 Å². The van der Waals surface area contributed by atoms with Crippen molar-refractivity contribution in [3.8, 4) is 0 Å². The van der Waals surface area contributed by atoms with Gasteiger partial charge in [-0.2, -0.15) is 0 Å². The molecule has 0 saturated heterocycles. The first-order chi connectivity index (χ1) is 9.76. The van der Waals surface area contributed by atoms with Crippen LogP contribution in [0.4, 0.5) is 4.79 Å². The van der Waals surface area contributed by atoms with Crippen molar-refractivity contribution < 1.29 is 9.59 Å². The maximum absolute atomic E-state index is 11.5. The fourth-order valence-corrected chi connectivity index (χ4v) is 1.52. The number of nitrogens with two attached hydrogens (primary N) is 1. The highest BCUT2D eigenvalue weighted by Gasteiger charge is 2.12. The minimum Gasteiger partial charge on any atom is -0.353 e. The van der Waals surface area contributed by atoms with Crippen LogP contribution in [0.15, 0.2) is 24.3 Å². The van der Waals surface area contributed by atoms with Crippen molar-refractivity contribution in [2.24, 2.45) is 5.73 Å². The van der Waals surface area contributed by atoms with E-state index in [9.17, 15) is 9.59 Å². The number of hydrogen-bond acceptors (Lipinski definition) is 3. The second-order valence-electron chi connectivity index (χ2n) is 5.43. The van der Waals surface area contributed by atoms with E-state index in [0.29, 0.717) is 18.1 Å². The Labute approximate surface area is 129 Å².